The number of allylic oxidation sites excluding steroid dienone is 1. The first-order valence-corrected chi connectivity index (χ1v) is 5.47. The van der Waals surface area contributed by atoms with E-state index < -0.39 is 0 Å². The van der Waals surface area contributed by atoms with Crippen molar-refractivity contribution in [2.45, 2.75) is 19.4 Å². The maximum Gasteiger partial charge on any atom is 0.129 e. The van der Waals surface area contributed by atoms with E-state index in [9.17, 15) is 4.39 Å². The van der Waals surface area contributed by atoms with Crippen LogP contribution < -0.4 is 5.73 Å². The smallest absolute Gasteiger partial charge is 0.129 e. The van der Waals surface area contributed by atoms with Crippen LogP contribution in [-0.2, 0) is 6.54 Å². The molecule has 0 fully saturated rings. The Kier molecular flexibility index (Phi) is 4.99. The first-order valence-electron chi connectivity index (χ1n) is 5.47. The minimum absolute atomic E-state index is 0.226. The molecule has 2 N–H and O–H groups in total. The van der Waals surface area contributed by atoms with Crippen LogP contribution in [0.4, 0.5) is 10.1 Å². The summed E-state index contributed by atoms with van der Waals surface area (Å²) < 4.78 is 13.5. The Balaban J connectivity index is 2.49. The molecule has 2 nitrogen and oxygen atoms in total. The SMILES string of the molecule is C=CCCCN(C)Cc1ccc(N)cc1F. The zero-order valence-electron chi connectivity index (χ0n) is 9.75. The van der Waals surface area contributed by atoms with Gasteiger partial charge in [-0.15, -0.1) is 6.58 Å². The average Bonchev–Trinajstić information content (AvgIpc) is 2.23. The van der Waals surface area contributed by atoms with Crippen LogP contribution in [-0.4, -0.2) is 18.5 Å². The molecule has 0 amide bonds. The lowest BCUT2D eigenvalue weighted by Gasteiger charge is -2.16. The van der Waals surface area contributed by atoms with Crippen molar-refractivity contribution in [1.82, 2.24) is 4.90 Å². The van der Waals surface area contributed by atoms with Gasteiger partial charge in [-0.2, -0.15) is 0 Å². The van der Waals surface area contributed by atoms with Crippen molar-refractivity contribution in [1.29, 1.82) is 0 Å². The Morgan fingerprint density at radius 1 is 1.50 bits per heavy atom. The van der Waals surface area contributed by atoms with Crippen LogP contribution in [0, 0.1) is 5.82 Å². The Labute approximate surface area is 96.6 Å². The molecule has 16 heavy (non-hydrogen) atoms. The van der Waals surface area contributed by atoms with Gasteiger partial charge in [-0.25, -0.2) is 4.39 Å². The van der Waals surface area contributed by atoms with Crippen LogP contribution in [0.3, 0.4) is 0 Å². The summed E-state index contributed by atoms with van der Waals surface area (Å²) in [5.41, 5.74) is 6.65. The number of unbranched alkanes of at least 4 members (excludes halogenated alkanes) is 1. The summed E-state index contributed by atoms with van der Waals surface area (Å²) in [5.74, 6) is -0.226. The molecule has 0 radical (unpaired) electrons. The molecule has 1 rings (SSSR count). The lowest BCUT2D eigenvalue weighted by Crippen LogP contribution is -2.19. The second kappa shape index (κ2) is 6.28. The second-order valence-electron chi connectivity index (χ2n) is 4.02. The fraction of sp³-hybridized carbons (Fsp3) is 0.385. The van der Waals surface area contributed by atoms with Crippen LogP contribution in [0.1, 0.15) is 18.4 Å². The predicted octanol–water partition coefficient (Wildman–Crippen LogP) is 2.81. The summed E-state index contributed by atoms with van der Waals surface area (Å²) in [6, 6.07) is 4.84. The van der Waals surface area contributed by atoms with E-state index in [0.717, 1.165) is 19.4 Å². The molecule has 0 bridgehead atoms. The van der Waals surface area contributed by atoms with E-state index in [1.165, 1.54) is 6.07 Å². The predicted molar refractivity (Wildman–Crippen MR) is 66.6 cm³/mol. The highest BCUT2D eigenvalue weighted by Crippen LogP contribution is 2.13. The van der Waals surface area contributed by atoms with Gasteiger partial charge in [-0.3, -0.25) is 0 Å². The monoisotopic (exact) mass is 222 g/mol. The first kappa shape index (κ1) is 12.7. The first-order chi connectivity index (χ1) is 7.63. The topological polar surface area (TPSA) is 29.3 Å². The van der Waals surface area contributed by atoms with E-state index in [2.05, 4.69) is 11.5 Å². The van der Waals surface area contributed by atoms with Crippen LogP contribution in [0.2, 0.25) is 0 Å². The van der Waals surface area contributed by atoms with Crippen molar-refractivity contribution in [2.24, 2.45) is 0 Å². The van der Waals surface area contributed by atoms with E-state index in [4.69, 9.17) is 5.73 Å². The van der Waals surface area contributed by atoms with Gasteiger partial charge in [0.25, 0.3) is 0 Å². The molecule has 3 heteroatoms. The minimum Gasteiger partial charge on any atom is -0.399 e. The van der Waals surface area contributed by atoms with Gasteiger partial charge in [0.15, 0.2) is 0 Å². The maximum absolute atomic E-state index is 13.5. The van der Waals surface area contributed by atoms with E-state index in [1.807, 2.05) is 13.1 Å². The normalized spacial score (nSPS) is 10.7. The summed E-state index contributed by atoms with van der Waals surface area (Å²) >= 11 is 0. The number of nitrogen functional groups attached to an aromatic ring is 1. The number of hydrogen-bond acceptors (Lipinski definition) is 2. The number of hydrogen-bond donors (Lipinski definition) is 1. The van der Waals surface area contributed by atoms with Gasteiger partial charge in [-0.1, -0.05) is 12.1 Å². The molecule has 0 aromatic heterocycles. The van der Waals surface area contributed by atoms with Crippen molar-refractivity contribution in [3.63, 3.8) is 0 Å². The molecule has 88 valence electrons. The third kappa shape index (κ3) is 4.03. The van der Waals surface area contributed by atoms with Gasteiger partial charge in [0.2, 0.25) is 0 Å². The molecule has 0 saturated carbocycles. The van der Waals surface area contributed by atoms with Gasteiger partial charge in [0.1, 0.15) is 5.82 Å². The summed E-state index contributed by atoms with van der Waals surface area (Å²) in [5, 5.41) is 0. The zero-order chi connectivity index (χ0) is 12.0. The van der Waals surface area contributed by atoms with Gasteiger partial charge >= 0.3 is 0 Å². The molecule has 0 saturated heterocycles. The van der Waals surface area contributed by atoms with Crippen LogP contribution in [0.5, 0.6) is 0 Å². The number of benzene rings is 1. The summed E-state index contributed by atoms with van der Waals surface area (Å²) in [6.07, 6.45) is 3.95. The van der Waals surface area contributed by atoms with Gasteiger partial charge in [0.05, 0.1) is 0 Å². The molecule has 1 aromatic carbocycles. The van der Waals surface area contributed by atoms with Crippen molar-refractivity contribution < 1.29 is 4.39 Å². The largest absolute Gasteiger partial charge is 0.399 e. The summed E-state index contributed by atoms with van der Waals surface area (Å²) in [6.45, 7) is 5.23. The van der Waals surface area contributed by atoms with Crippen molar-refractivity contribution >= 4 is 5.69 Å². The summed E-state index contributed by atoms with van der Waals surface area (Å²) in [7, 11) is 1.99. The van der Waals surface area contributed by atoms with Crippen LogP contribution in [0.15, 0.2) is 30.9 Å². The van der Waals surface area contributed by atoms with Crippen molar-refractivity contribution in [3.05, 3.63) is 42.2 Å². The molecule has 0 unspecified atom stereocenters. The molecule has 1 aromatic rings. The highest BCUT2D eigenvalue weighted by atomic mass is 19.1. The Bertz CT molecular complexity index is 350. The molecular weight excluding hydrogens is 203 g/mol. The van der Waals surface area contributed by atoms with E-state index in [1.54, 1.807) is 12.1 Å². The van der Waals surface area contributed by atoms with Gasteiger partial charge in [-0.05, 0) is 38.6 Å². The molecule has 0 aliphatic rings. The fourth-order valence-corrected chi connectivity index (χ4v) is 1.57. The highest BCUT2D eigenvalue weighted by molar-refractivity contribution is 5.40. The fourth-order valence-electron chi connectivity index (χ4n) is 1.57. The third-order valence-electron chi connectivity index (χ3n) is 2.47. The van der Waals surface area contributed by atoms with Crippen molar-refractivity contribution in [3.8, 4) is 0 Å². The average molecular weight is 222 g/mol. The van der Waals surface area contributed by atoms with E-state index in [-0.39, 0.29) is 5.82 Å². The van der Waals surface area contributed by atoms with E-state index in [0.29, 0.717) is 17.8 Å². The standard InChI is InChI=1S/C13H19FN2/c1-3-4-5-8-16(2)10-11-6-7-12(15)9-13(11)14/h3,6-7,9H,1,4-5,8,10,15H2,2H3. The number of nitrogens with two attached hydrogens (primary N) is 1. The summed E-state index contributed by atoms with van der Waals surface area (Å²) in [4.78, 5) is 2.10. The molecule has 0 aliphatic carbocycles. The Morgan fingerprint density at radius 3 is 2.88 bits per heavy atom. The van der Waals surface area contributed by atoms with Crippen LogP contribution >= 0.6 is 0 Å². The minimum atomic E-state index is -0.226. The zero-order valence-corrected chi connectivity index (χ0v) is 9.75. The lowest BCUT2D eigenvalue weighted by atomic mass is 10.2. The van der Waals surface area contributed by atoms with Gasteiger partial charge < -0.3 is 10.6 Å². The molecule has 0 heterocycles. The highest BCUT2D eigenvalue weighted by Gasteiger charge is 2.05. The van der Waals surface area contributed by atoms with Crippen molar-refractivity contribution in [2.75, 3.05) is 19.3 Å². The molecular formula is C13H19FN2. The lowest BCUT2D eigenvalue weighted by molar-refractivity contribution is 0.318. The molecule has 0 atom stereocenters. The maximum atomic E-state index is 13.5. The van der Waals surface area contributed by atoms with Gasteiger partial charge in [0, 0.05) is 17.8 Å². The number of rotatable bonds is 6. The quantitative estimate of drug-likeness (QED) is 0.455. The molecule has 0 spiro atoms. The Hall–Kier alpha value is -1.35. The number of anilines is 1. The third-order valence-corrected chi connectivity index (χ3v) is 2.47. The second-order valence-corrected chi connectivity index (χ2v) is 4.02. The Morgan fingerprint density at radius 2 is 2.25 bits per heavy atom. The van der Waals surface area contributed by atoms with E-state index >= 15 is 0 Å². The van der Waals surface area contributed by atoms with Crippen LogP contribution in [0.25, 0.3) is 0 Å². The number of halogens is 1. The number of nitrogens with zero attached hydrogens (tertiary/aromatic N) is 1. The molecule has 0 aliphatic heterocycles.